The lowest BCUT2D eigenvalue weighted by Crippen LogP contribution is -2.37. The zero-order chi connectivity index (χ0) is 23.1. The van der Waals surface area contributed by atoms with E-state index in [1.165, 1.54) is 11.3 Å². The van der Waals surface area contributed by atoms with Gasteiger partial charge in [0.15, 0.2) is 0 Å². The molecule has 0 aliphatic carbocycles. The molecule has 3 rings (SSSR count). The van der Waals surface area contributed by atoms with Crippen molar-refractivity contribution in [2.24, 2.45) is 5.92 Å². The molecule has 1 unspecified atom stereocenters. The zero-order valence-corrected chi connectivity index (χ0v) is 19.0. The van der Waals surface area contributed by atoms with Crippen LogP contribution in [0.2, 0.25) is 0 Å². The number of thiophene rings is 1. The molecule has 1 heterocycles. The molecule has 1 amide bonds. The van der Waals surface area contributed by atoms with E-state index in [1.807, 2.05) is 56.3 Å². The Morgan fingerprint density at radius 2 is 1.56 bits per heavy atom. The number of carboxylic acid groups (broad SMARTS) is 1. The first-order valence-electron chi connectivity index (χ1n) is 10.6. The molecule has 0 aliphatic rings. The van der Waals surface area contributed by atoms with Gasteiger partial charge in [0.05, 0.1) is 4.88 Å². The van der Waals surface area contributed by atoms with E-state index in [1.54, 1.807) is 11.5 Å². The maximum Gasteiger partial charge on any atom is 0.320 e. The van der Waals surface area contributed by atoms with E-state index < -0.39 is 17.9 Å². The Morgan fingerprint density at radius 1 is 0.938 bits per heavy atom. The van der Waals surface area contributed by atoms with Crippen LogP contribution in [-0.4, -0.2) is 28.2 Å². The van der Waals surface area contributed by atoms with Gasteiger partial charge in [-0.25, -0.2) is 5.48 Å². The third kappa shape index (κ3) is 6.61. The van der Waals surface area contributed by atoms with Crippen molar-refractivity contribution >= 4 is 33.3 Å². The fourth-order valence-corrected chi connectivity index (χ4v) is 4.48. The van der Waals surface area contributed by atoms with Gasteiger partial charge in [0.1, 0.15) is 6.04 Å². The molecule has 3 aromatic rings. The molecular formula is C24H29N3O4S. The van der Waals surface area contributed by atoms with Crippen LogP contribution in [-0.2, 0) is 24.4 Å². The van der Waals surface area contributed by atoms with Crippen LogP contribution in [0.1, 0.15) is 46.6 Å². The standard InChI is InChI=1S/C24H29N3O4S/c1-15(2)9-20(24(29)30)26-14-17-5-3-16(4-6-17)12-25-13-18-7-8-19-11-22(23(28)27-31)32-21(19)10-18/h3-8,10-11,15,20,25-26,31H,9,12-14H2,1-2H3,(H,27,28)(H,29,30). The quantitative estimate of drug-likeness (QED) is 0.222. The fraction of sp³-hybridized carbons (Fsp3) is 0.333. The van der Waals surface area contributed by atoms with E-state index in [0.29, 0.717) is 36.9 Å². The number of hydrogen-bond acceptors (Lipinski definition) is 6. The van der Waals surface area contributed by atoms with Gasteiger partial charge >= 0.3 is 5.97 Å². The number of rotatable bonds is 11. The van der Waals surface area contributed by atoms with Crippen LogP contribution in [0.15, 0.2) is 48.5 Å². The van der Waals surface area contributed by atoms with Gasteiger partial charge in [-0.2, -0.15) is 0 Å². The SMILES string of the molecule is CC(C)CC(NCc1ccc(CNCc2ccc3cc(C(=O)NO)sc3c2)cc1)C(=O)O. The summed E-state index contributed by atoms with van der Waals surface area (Å²) in [5.74, 6) is -0.990. The molecule has 1 atom stereocenters. The van der Waals surface area contributed by atoms with Crippen molar-refractivity contribution in [1.29, 1.82) is 0 Å². The summed E-state index contributed by atoms with van der Waals surface area (Å²) in [7, 11) is 0. The number of hydrogen-bond donors (Lipinski definition) is 5. The molecule has 0 aliphatic heterocycles. The number of aliphatic carboxylic acids is 1. The first kappa shape index (κ1) is 23.9. The maximum atomic E-state index is 11.6. The third-order valence-corrected chi connectivity index (χ3v) is 6.25. The molecule has 0 bridgehead atoms. The average molecular weight is 456 g/mol. The number of fused-ring (bicyclic) bond motifs is 1. The predicted octanol–water partition coefficient (Wildman–Crippen LogP) is 3.90. The molecule has 8 heteroatoms. The highest BCUT2D eigenvalue weighted by Gasteiger charge is 2.17. The van der Waals surface area contributed by atoms with Crippen molar-refractivity contribution < 1.29 is 19.9 Å². The second-order valence-corrected chi connectivity index (χ2v) is 9.33. The average Bonchev–Trinajstić information content (AvgIpc) is 3.20. The van der Waals surface area contributed by atoms with Crippen LogP contribution < -0.4 is 16.1 Å². The summed E-state index contributed by atoms with van der Waals surface area (Å²) < 4.78 is 0.997. The van der Waals surface area contributed by atoms with Crippen LogP contribution in [0, 0.1) is 5.92 Å². The summed E-state index contributed by atoms with van der Waals surface area (Å²) in [6.45, 7) is 5.96. The molecule has 5 N–H and O–H groups in total. The Morgan fingerprint density at radius 3 is 2.19 bits per heavy atom. The number of hydroxylamine groups is 1. The summed E-state index contributed by atoms with van der Waals surface area (Å²) in [4.78, 5) is 23.4. The molecule has 170 valence electrons. The second-order valence-electron chi connectivity index (χ2n) is 8.25. The zero-order valence-electron chi connectivity index (χ0n) is 18.2. The third-order valence-electron chi connectivity index (χ3n) is 5.15. The van der Waals surface area contributed by atoms with Crippen LogP contribution in [0.4, 0.5) is 0 Å². The smallest absolute Gasteiger partial charge is 0.320 e. The summed E-state index contributed by atoms with van der Waals surface area (Å²) in [6, 6.07) is 15.4. The van der Waals surface area contributed by atoms with Crippen molar-refractivity contribution in [3.8, 4) is 0 Å². The van der Waals surface area contributed by atoms with Crippen molar-refractivity contribution in [1.82, 2.24) is 16.1 Å². The largest absolute Gasteiger partial charge is 0.480 e. The summed E-state index contributed by atoms with van der Waals surface area (Å²) >= 11 is 1.34. The highest BCUT2D eigenvalue weighted by Crippen LogP contribution is 2.26. The van der Waals surface area contributed by atoms with Crippen LogP contribution >= 0.6 is 11.3 Å². The van der Waals surface area contributed by atoms with Gasteiger partial charge in [-0.3, -0.25) is 14.8 Å². The maximum absolute atomic E-state index is 11.6. The number of carbonyl (C=O) groups excluding carboxylic acids is 1. The number of amides is 1. The van der Waals surface area contributed by atoms with Gasteiger partial charge in [0.2, 0.25) is 0 Å². The molecule has 0 radical (unpaired) electrons. The van der Waals surface area contributed by atoms with Gasteiger partial charge in [-0.15, -0.1) is 11.3 Å². The van der Waals surface area contributed by atoms with Crippen molar-refractivity contribution in [3.63, 3.8) is 0 Å². The van der Waals surface area contributed by atoms with Crippen molar-refractivity contribution in [2.75, 3.05) is 0 Å². The van der Waals surface area contributed by atoms with Crippen LogP contribution in [0.3, 0.4) is 0 Å². The van der Waals surface area contributed by atoms with Crippen LogP contribution in [0.5, 0.6) is 0 Å². The molecule has 0 fully saturated rings. The van der Waals surface area contributed by atoms with Gasteiger partial charge in [0, 0.05) is 24.3 Å². The normalized spacial score (nSPS) is 12.2. The Labute approximate surface area is 191 Å². The summed E-state index contributed by atoms with van der Waals surface area (Å²) in [6.07, 6.45) is 0.602. The number of carbonyl (C=O) groups is 2. The number of benzene rings is 2. The van der Waals surface area contributed by atoms with E-state index in [4.69, 9.17) is 5.21 Å². The predicted molar refractivity (Wildman–Crippen MR) is 126 cm³/mol. The van der Waals surface area contributed by atoms with Gasteiger partial charge in [-0.1, -0.05) is 50.2 Å². The van der Waals surface area contributed by atoms with Gasteiger partial charge in [-0.05, 0) is 46.5 Å². The summed E-state index contributed by atoms with van der Waals surface area (Å²) in [5, 5.41) is 25.6. The van der Waals surface area contributed by atoms with E-state index in [9.17, 15) is 14.7 Å². The molecule has 0 spiro atoms. The van der Waals surface area contributed by atoms with Crippen molar-refractivity contribution in [2.45, 2.75) is 45.9 Å². The Balaban J connectivity index is 1.50. The minimum atomic E-state index is -0.812. The van der Waals surface area contributed by atoms with Crippen LogP contribution in [0.25, 0.3) is 10.1 Å². The molecule has 0 saturated heterocycles. The molecule has 32 heavy (non-hydrogen) atoms. The molecular weight excluding hydrogens is 426 g/mol. The highest BCUT2D eigenvalue weighted by atomic mass is 32.1. The highest BCUT2D eigenvalue weighted by molar-refractivity contribution is 7.20. The lowest BCUT2D eigenvalue weighted by molar-refractivity contribution is -0.140. The Kier molecular flexibility index (Phi) is 8.35. The van der Waals surface area contributed by atoms with E-state index >= 15 is 0 Å². The molecule has 2 aromatic carbocycles. The van der Waals surface area contributed by atoms with E-state index in [2.05, 4.69) is 10.6 Å². The lowest BCUT2D eigenvalue weighted by Gasteiger charge is -2.16. The lowest BCUT2D eigenvalue weighted by atomic mass is 10.0. The van der Waals surface area contributed by atoms with Crippen molar-refractivity contribution in [3.05, 3.63) is 70.1 Å². The molecule has 1 aromatic heterocycles. The number of nitrogens with one attached hydrogen (secondary N) is 3. The first-order chi connectivity index (χ1) is 15.4. The Bertz CT molecular complexity index is 1060. The fourth-order valence-electron chi connectivity index (χ4n) is 3.46. The second kappa shape index (κ2) is 11.2. The van der Waals surface area contributed by atoms with Gasteiger partial charge in [0.25, 0.3) is 5.91 Å². The monoisotopic (exact) mass is 455 g/mol. The van der Waals surface area contributed by atoms with E-state index in [-0.39, 0.29) is 0 Å². The minimum Gasteiger partial charge on any atom is -0.480 e. The van der Waals surface area contributed by atoms with Gasteiger partial charge < -0.3 is 15.7 Å². The topological polar surface area (TPSA) is 111 Å². The first-order valence-corrected chi connectivity index (χ1v) is 11.4. The van der Waals surface area contributed by atoms with E-state index in [0.717, 1.165) is 26.8 Å². The summed E-state index contributed by atoms with van der Waals surface area (Å²) in [5.41, 5.74) is 4.97. The molecule has 7 nitrogen and oxygen atoms in total. The Hall–Kier alpha value is -2.78. The number of carboxylic acids is 1. The minimum absolute atomic E-state index is 0.319. The molecule has 0 saturated carbocycles.